The van der Waals surface area contributed by atoms with Crippen LogP contribution in [0.3, 0.4) is 0 Å². The first-order valence-corrected chi connectivity index (χ1v) is 9.65. The molecule has 0 saturated carbocycles. The Labute approximate surface area is 142 Å². The van der Waals surface area contributed by atoms with Crippen LogP contribution >= 0.6 is 0 Å². The Hall–Kier alpha value is -1.48. The number of hydrogen-bond donors (Lipinski definition) is 1. The third-order valence-electron chi connectivity index (χ3n) is 4.37. The van der Waals surface area contributed by atoms with Crippen molar-refractivity contribution in [1.82, 2.24) is 13.9 Å². The zero-order valence-corrected chi connectivity index (χ0v) is 14.4. The molecule has 8 heteroatoms. The van der Waals surface area contributed by atoms with Gasteiger partial charge in [0.2, 0.25) is 5.91 Å². The number of ether oxygens (including phenoxy) is 1. The molecule has 1 aromatic rings. The van der Waals surface area contributed by atoms with Crippen LogP contribution in [0.2, 0.25) is 0 Å². The van der Waals surface area contributed by atoms with E-state index in [1.165, 1.54) is 8.61 Å². The van der Waals surface area contributed by atoms with Crippen molar-refractivity contribution in [2.24, 2.45) is 0 Å². The SMILES string of the molecule is O=C1NCCCN(S(=O)(=O)N2CCOCC2)C1Cc1ccccc1. The number of benzene rings is 1. The molecule has 1 unspecified atom stereocenters. The molecular formula is C16H23N3O4S. The highest BCUT2D eigenvalue weighted by Gasteiger charge is 2.39. The Morgan fingerprint density at radius 3 is 2.54 bits per heavy atom. The lowest BCUT2D eigenvalue weighted by molar-refractivity contribution is -0.124. The number of nitrogens with zero attached hydrogens (tertiary/aromatic N) is 2. The van der Waals surface area contributed by atoms with Crippen LogP contribution in [0, 0.1) is 0 Å². The number of carbonyl (C=O) groups excluding carboxylic acids is 1. The summed E-state index contributed by atoms with van der Waals surface area (Å²) in [4.78, 5) is 12.5. The fourth-order valence-electron chi connectivity index (χ4n) is 3.08. The number of carbonyl (C=O) groups is 1. The molecular weight excluding hydrogens is 330 g/mol. The predicted octanol–water partition coefficient (Wildman–Crippen LogP) is -0.00340. The van der Waals surface area contributed by atoms with Crippen LogP contribution in [0.15, 0.2) is 30.3 Å². The quantitative estimate of drug-likeness (QED) is 0.826. The van der Waals surface area contributed by atoms with Crippen LogP contribution in [0.1, 0.15) is 12.0 Å². The lowest BCUT2D eigenvalue weighted by Gasteiger charge is -2.34. The summed E-state index contributed by atoms with van der Waals surface area (Å²) in [5.74, 6) is -0.229. The minimum Gasteiger partial charge on any atom is -0.379 e. The van der Waals surface area contributed by atoms with Crippen LogP contribution in [0.4, 0.5) is 0 Å². The Kier molecular flexibility index (Phi) is 5.50. The molecule has 0 radical (unpaired) electrons. The van der Waals surface area contributed by atoms with Gasteiger partial charge in [0.05, 0.1) is 13.2 Å². The molecule has 1 N–H and O–H groups in total. The molecule has 2 aliphatic heterocycles. The van der Waals surface area contributed by atoms with Gasteiger partial charge in [-0.1, -0.05) is 30.3 Å². The molecule has 0 bridgehead atoms. The van der Waals surface area contributed by atoms with E-state index in [1.807, 2.05) is 30.3 Å². The largest absolute Gasteiger partial charge is 0.379 e. The monoisotopic (exact) mass is 353 g/mol. The third kappa shape index (κ3) is 3.77. The van der Waals surface area contributed by atoms with E-state index < -0.39 is 16.3 Å². The zero-order chi connectivity index (χ0) is 17.0. The molecule has 0 aliphatic carbocycles. The zero-order valence-electron chi connectivity index (χ0n) is 13.6. The summed E-state index contributed by atoms with van der Waals surface area (Å²) in [6.07, 6.45) is 0.983. The first-order chi connectivity index (χ1) is 11.6. The van der Waals surface area contributed by atoms with Crippen molar-refractivity contribution in [1.29, 1.82) is 0 Å². The minimum atomic E-state index is -3.68. The first kappa shape index (κ1) is 17.3. The summed E-state index contributed by atoms with van der Waals surface area (Å²) in [5.41, 5.74) is 0.946. The maximum absolute atomic E-state index is 13.1. The first-order valence-electron chi connectivity index (χ1n) is 8.25. The number of morpholine rings is 1. The summed E-state index contributed by atoms with van der Waals surface area (Å²) in [7, 11) is -3.68. The molecule has 2 heterocycles. The van der Waals surface area contributed by atoms with Gasteiger partial charge in [0.25, 0.3) is 10.2 Å². The molecule has 0 spiro atoms. The highest BCUT2D eigenvalue weighted by molar-refractivity contribution is 7.86. The molecule has 2 saturated heterocycles. The number of amides is 1. The van der Waals surface area contributed by atoms with Crippen molar-refractivity contribution in [2.75, 3.05) is 39.4 Å². The molecule has 2 fully saturated rings. The van der Waals surface area contributed by atoms with Gasteiger partial charge in [0.1, 0.15) is 6.04 Å². The van der Waals surface area contributed by atoms with Crippen LogP contribution in [-0.4, -0.2) is 68.4 Å². The van der Waals surface area contributed by atoms with Crippen molar-refractivity contribution in [3.8, 4) is 0 Å². The van der Waals surface area contributed by atoms with E-state index in [1.54, 1.807) is 0 Å². The smallest absolute Gasteiger partial charge is 0.282 e. The van der Waals surface area contributed by atoms with E-state index in [-0.39, 0.29) is 5.91 Å². The second-order valence-corrected chi connectivity index (χ2v) is 7.86. The van der Waals surface area contributed by atoms with Crippen LogP contribution in [-0.2, 0) is 26.2 Å². The van der Waals surface area contributed by atoms with Crippen molar-refractivity contribution in [2.45, 2.75) is 18.9 Å². The standard InChI is InChI=1S/C16H23N3O4S/c20-16-15(13-14-5-2-1-3-6-14)19(8-4-7-17-16)24(21,22)18-9-11-23-12-10-18/h1-3,5-6,15H,4,7-13H2,(H,17,20). The Bertz CT molecular complexity index is 659. The molecule has 7 nitrogen and oxygen atoms in total. The summed E-state index contributed by atoms with van der Waals surface area (Å²) >= 11 is 0. The van der Waals surface area contributed by atoms with Gasteiger partial charge >= 0.3 is 0 Å². The molecule has 132 valence electrons. The highest BCUT2D eigenvalue weighted by atomic mass is 32.2. The number of nitrogens with one attached hydrogen (secondary N) is 1. The third-order valence-corrected chi connectivity index (χ3v) is 6.42. The predicted molar refractivity (Wildman–Crippen MR) is 89.6 cm³/mol. The molecule has 0 aromatic heterocycles. The molecule has 2 aliphatic rings. The van der Waals surface area contributed by atoms with Crippen molar-refractivity contribution < 1.29 is 17.9 Å². The lowest BCUT2D eigenvalue weighted by atomic mass is 10.1. The molecule has 24 heavy (non-hydrogen) atoms. The average Bonchev–Trinajstić information content (AvgIpc) is 2.79. The lowest BCUT2D eigenvalue weighted by Crippen LogP contribution is -2.55. The van der Waals surface area contributed by atoms with Gasteiger partial charge in [-0.15, -0.1) is 0 Å². The molecule has 1 amide bonds. The Balaban J connectivity index is 1.87. The second-order valence-electron chi connectivity index (χ2n) is 5.98. The van der Waals surface area contributed by atoms with E-state index >= 15 is 0 Å². The van der Waals surface area contributed by atoms with E-state index in [0.29, 0.717) is 52.2 Å². The van der Waals surface area contributed by atoms with Gasteiger partial charge in [0, 0.05) is 26.2 Å². The highest BCUT2D eigenvalue weighted by Crippen LogP contribution is 2.20. The molecule has 3 rings (SSSR count). The second kappa shape index (κ2) is 7.60. The number of hydrogen-bond acceptors (Lipinski definition) is 4. The van der Waals surface area contributed by atoms with Crippen molar-refractivity contribution in [3.63, 3.8) is 0 Å². The van der Waals surface area contributed by atoms with E-state index in [2.05, 4.69) is 5.32 Å². The summed E-state index contributed by atoms with van der Waals surface area (Å²) in [6.45, 7) is 2.29. The minimum absolute atomic E-state index is 0.229. The molecule has 1 atom stereocenters. The summed E-state index contributed by atoms with van der Waals surface area (Å²) in [6, 6.07) is 8.80. The van der Waals surface area contributed by atoms with E-state index in [4.69, 9.17) is 4.74 Å². The summed E-state index contributed by atoms with van der Waals surface area (Å²) < 4.78 is 34.2. The van der Waals surface area contributed by atoms with E-state index in [9.17, 15) is 13.2 Å². The van der Waals surface area contributed by atoms with Crippen LogP contribution in [0.5, 0.6) is 0 Å². The van der Waals surface area contributed by atoms with Gasteiger partial charge in [0.15, 0.2) is 0 Å². The van der Waals surface area contributed by atoms with Gasteiger partial charge in [-0.25, -0.2) is 0 Å². The van der Waals surface area contributed by atoms with Gasteiger partial charge in [-0.05, 0) is 18.4 Å². The van der Waals surface area contributed by atoms with Crippen molar-refractivity contribution in [3.05, 3.63) is 35.9 Å². The fraction of sp³-hybridized carbons (Fsp3) is 0.562. The van der Waals surface area contributed by atoms with Crippen molar-refractivity contribution >= 4 is 16.1 Å². The average molecular weight is 353 g/mol. The number of rotatable bonds is 4. The maximum Gasteiger partial charge on any atom is 0.282 e. The van der Waals surface area contributed by atoms with E-state index in [0.717, 1.165) is 5.56 Å². The normalized spacial score (nSPS) is 24.3. The van der Waals surface area contributed by atoms with Gasteiger partial charge in [-0.2, -0.15) is 17.0 Å². The summed E-state index contributed by atoms with van der Waals surface area (Å²) in [5, 5.41) is 2.83. The van der Waals surface area contributed by atoms with Crippen LogP contribution < -0.4 is 5.32 Å². The maximum atomic E-state index is 13.1. The fourth-order valence-corrected chi connectivity index (χ4v) is 4.84. The Morgan fingerprint density at radius 1 is 1.12 bits per heavy atom. The van der Waals surface area contributed by atoms with Crippen LogP contribution in [0.25, 0.3) is 0 Å². The van der Waals surface area contributed by atoms with Gasteiger partial charge < -0.3 is 10.1 Å². The molecule has 1 aromatic carbocycles. The Morgan fingerprint density at radius 2 is 1.83 bits per heavy atom. The van der Waals surface area contributed by atoms with Gasteiger partial charge in [-0.3, -0.25) is 4.79 Å². The topological polar surface area (TPSA) is 79.0 Å².